The van der Waals surface area contributed by atoms with E-state index in [1.807, 2.05) is 35.0 Å². The van der Waals surface area contributed by atoms with E-state index in [4.69, 9.17) is 28.3 Å². The van der Waals surface area contributed by atoms with Crippen molar-refractivity contribution in [3.63, 3.8) is 0 Å². The normalized spacial score (nSPS) is 13.2. The average Bonchev–Trinajstić information content (AvgIpc) is 3.20. The molecule has 0 N–H and O–H groups in total. The van der Waals surface area contributed by atoms with E-state index >= 15 is 0 Å². The smallest absolute Gasteiger partial charge is 0.266 e. The molecule has 0 fully saturated rings. The van der Waals surface area contributed by atoms with E-state index in [-0.39, 0.29) is 16.6 Å². The molecule has 0 radical (unpaired) electrons. The Morgan fingerprint density at radius 3 is 2.71 bits per heavy atom. The Bertz CT molecular complexity index is 963. The fraction of sp³-hybridized carbons (Fsp3) is 0.235. The Morgan fingerprint density at radius 2 is 1.92 bits per heavy atom. The van der Waals surface area contributed by atoms with Gasteiger partial charge in [-0.15, -0.1) is 0 Å². The number of hydrogen-bond donors (Lipinski definition) is 0. The summed E-state index contributed by atoms with van der Waals surface area (Å²) in [5.41, 5.74) is 3.91. The minimum absolute atomic E-state index is 0.00851. The zero-order valence-corrected chi connectivity index (χ0v) is 14.3. The van der Waals surface area contributed by atoms with Crippen LogP contribution in [0.15, 0.2) is 41.3 Å². The lowest BCUT2D eigenvalue weighted by molar-refractivity contribution is 0.615. The molecule has 1 aliphatic rings. The number of rotatable bonds is 3. The molecule has 2 aromatic heterocycles. The van der Waals surface area contributed by atoms with Crippen LogP contribution in [0.25, 0.3) is 5.69 Å². The highest BCUT2D eigenvalue weighted by Gasteiger charge is 2.24. The van der Waals surface area contributed by atoms with Crippen LogP contribution in [0.1, 0.15) is 23.4 Å². The van der Waals surface area contributed by atoms with Crippen LogP contribution in [0.3, 0.4) is 0 Å². The summed E-state index contributed by atoms with van der Waals surface area (Å²) in [5.74, 6) is 0. The number of hydrogen-bond acceptors (Lipinski definition) is 3. The first kappa shape index (κ1) is 15.4. The first-order chi connectivity index (χ1) is 11.6. The molecule has 0 saturated heterocycles. The molecule has 4 rings (SSSR count). The van der Waals surface area contributed by atoms with Gasteiger partial charge in [0, 0.05) is 5.69 Å². The number of benzene rings is 1. The van der Waals surface area contributed by atoms with Crippen molar-refractivity contribution in [2.45, 2.75) is 25.8 Å². The molecular formula is C17H14Cl2N4O. The van der Waals surface area contributed by atoms with Crippen LogP contribution >= 0.6 is 23.2 Å². The van der Waals surface area contributed by atoms with Crippen molar-refractivity contribution >= 4 is 23.2 Å². The first-order valence-corrected chi connectivity index (χ1v) is 8.47. The molecular weight excluding hydrogens is 347 g/mol. The van der Waals surface area contributed by atoms with E-state index in [9.17, 15) is 4.79 Å². The summed E-state index contributed by atoms with van der Waals surface area (Å²) in [4.78, 5) is 12.2. The molecule has 3 aromatic rings. The highest BCUT2D eigenvalue weighted by molar-refractivity contribution is 6.41. The number of aromatic nitrogens is 4. The van der Waals surface area contributed by atoms with Gasteiger partial charge in [0.2, 0.25) is 0 Å². The molecule has 0 spiro atoms. The third-order valence-corrected chi connectivity index (χ3v) is 5.00. The predicted octanol–water partition coefficient (Wildman–Crippen LogP) is 3.27. The fourth-order valence-electron chi connectivity index (χ4n) is 3.12. The van der Waals surface area contributed by atoms with Crippen molar-refractivity contribution in [1.29, 1.82) is 0 Å². The maximum absolute atomic E-state index is 12.2. The quantitative estimate of drug-likeness (QED) is 0.720. The van der Waals surface area contributed by atoms with Crippen molar-refractivity contribution < 1.29 is 0 Å². The van der Waals surface area contributed by atoms with Gasteiger partial charge >= 0.3 is 0 Å². The Balaban J connectivity index is 1.78. The highest BCUT2D eigenvalue weighted by Crippen LogP contribution is 2.28. The minimum atomic E-state index is -0.398. The van der Waals surface area contributed by atoms with Crippen molar-refractivity contribution in [3.8, 4) is 5.69 Å². The molecule has 0 unspecified atom stereocenters. The maximum Gasteiger partial charge on any atom is 0.287 e. The third-order valence-electron chi connectivity index (χ3n) is 4.26. The lowest BCUT2D eigenvalue weighted by atomic mass is 10.2. The molecule has 0 bridgehead atoms. The zero-order valence-electron chi connectivity index (χ0n) is 12.7. The highest BCUT2D eigenvalue weighted by atomic mass is 35.5. The topological polar surface area (TPSA) is 52.7 Å². The van der Waals surface area contributed by atoms with Crippen molar-refractivity contribution in [2.75, 3.05) is 0 Å². The molecule has 0 atom stereocenters. The van der Waals surface area contributed by atoms with Gasteiger partial charge < -0.3 is 0 Å². The lowest BCUT2D eigenvalue weighted by Gasteiger charge is -2.05. The van der Waals surface area contributed by atoms with E-state index in [2.05, 4.69) is 5.10 Å². The standard InChI is InChI=1S/C17H14Cl2N4O/c18-13-9-20-22(17(24)16(13)19)10-14-12-7-4-8-15(12)23(21-14)11-5-2-1-3-6-11/h1-3,5-6,9H,4,7-8,10H2. The minimum Gasteiger partial charge on any atom is -0.266 e. The average molecular weight is 361 g/mol. The van der Waals surface area contributed by atoms with E-state index in [0.717, 1.165) is 30.6 Å². The van der Waals surface area contributed by atoms with Gasteiger partial charge in [-0.25, -0.2) is 9.36 Å². The van der Waals surface area contributed by atoms with Gasteiger partial charge in [-0.1, -0.05) is 41.4 Å². The van der Waals surface area contributed by atoms with Crippen LogP contribution < -0.4 is 5.56 Å². The molecule has 0 saturated carbocycles. The van der Waals surface area contributed by atoms with E-state index in [1.165, 1.54) is 22.1 Å². The lowest BCUT2D eigenvalue weighted by Crippen LogP contribution is -2.24. The van der Waals surface area contributed by atoms with Crippen LogP contribution in [-0.4, -0.2) is 19.6 Å². The molecule has 5 nitrogen and oxygen atoms in total. The van der Waals surface area contributed by atoms with E-state index < -0.39 is 5.56 Å². The monoisotopic (exact) mass is 360 g/mol. The van der Waals surface area contributed by atoms with Crippen LogP contribution in [0.4, 0.5) is 0 Å². The molecule has 7 heteroatoms. The first-order valence-electron chi connectivity index (χ1n) is 7.71. The Morgan fingerprint density at radius 1 is 1.12 bits per heavy atom. The molecule has 24 heavy (non-hydrogen) atoms. The van der Waals surface area contributed by atoms with Crippen molar-refractivity contribution in [1.82, 2.24) is 19.6 Å². The molecule has 2 heterocycles. The van der Waals surface area contributed by atoms with Crippen LogP contribution in [0.2, 0.25) is 10.0 Å². The number of halogens is 2. The second-order valence-electron chi connectivity index (χ2n) is 5.74. The molecule has 122 valence electrons. The van der Waals surface area contributed by atoms with Gasteiger partial charge in [-0.3, -0.25) is 4.79 Å². The summed E-state index contributed by atoms with van der Waals surface area (Å²) >= 11 is 11.8. The summed E-state index contributed by atoms with van der Waals surface area (Å²) < 4.78 is 3.28. The summed E-state index contributed by atoms with van der Waals surface area (Å²) in [6.07, 6.45) is 4.44. The zero-order chi connectivity index (χ0) is 16.7. The maximum atomic E-state index is 12.2. The van der Waals surface area contributed by atoms with Gasteiger partial charge in [0.1, 0.15) is 5.02 Å². The van der Waals surface area contributed by atoms with E-state index in [1.54, 1.807) is 0 Å². The molecule has 0 amide bonds. The Kier molecular flexibility index (Phi) is 3.90. The van der Waals surface area contributed by atoms with Gasteiger partial charge in [-0.05, 0) is 37.0 Å². The number of para-hydroxylation sites is 1. The summed E-state index contributed by atoms with van der Waals surface area (Å²) in [5, 5.41) is 8.97. The SMILES string of the molecule is O=c1c(Cl)c(Cl)cnn1Cc1nn(-c2ccccc2)c2c1CCC2. The number of fused-ring (bicyclic) bond motifs is 1. The van der Waals surface area contributed by atoms with Gasteiger partial charge in [-0.2, -0.15) is 10.2 Å². The van der Waals surface area contributed by atoms with Crippen LogP contribution in [0.5, 0.6) is 0 Å². The van der Waals surface area contributed by atoms with Crippen LogP contribution in [0, 0.1) is 0 Å². The second kappa shape index (κ2) is 6.07. The molecule has 0 aliphatic heterocycles. The summed E-state index contributed by atoms with van der Waals surface area (Å²) in [6, 6.07) is 10.0. The Hall–Kier alpha value is -2.11. The third kappa shape index (κ3) is 2.54. The molecule has 1 aromatic carbocycles. The van der Waals surface area contributed by atoms with Crippen LogP contribution in [-0.2, 0) is 19.4 Å². The Labute approximate surface area is 148 Å². The van der Waals surface area contributed by atoms with Gasteiger partial charge in [0.25, 0.3) is 5.56 Å². The van der Waals surface area contributed by atoms with Crippen molar-refractivity contribution in [2.24, 2.45) is 0 Å². The summed E-state index contributed by atoms with van der Waals surface area (Å²) in [6.45, 7) is 0.290. The second-order valence-corrected chi connectivity index (χ2v) is 6.53. The van der Waals surface area contributed by atoms with Gasteiger partial charge in [0.05, 0.1) is 29.1 Å². The molecule has 1 aliphatic carbocycles. The predicted molar refractivity (Wildman–Crippen MR) is 93.2 cm³/mol. The van der Waals surface area contributed by atoms with Gasteiger partial charge in [0.15, 0.2) is 0 Å². The number of nitrogens with zero attached hydrogens (tertiary/aromatic N) is 4. The largest absolute Gasteiger partial charge is 0.287 e. The summed E-state index contributed by atoms with van der Waals surface area (Å²) in [7, 11) is 0. The van der Waals surface area contributed by atoms with Crippen molar-refractivity contribution in [3.05, 3.63) is 73.9 Å². The fourth-order valence-corrected chi connectivity index (χ4v) is 3.39. The van der Waals surface area contributed by atoms with E-state index in [0.29, 0.717) is 0 Å².